The van der Waals surface area contributed by atoms with E-state index in [1.54, 1.807) is 7.11 Å². The van der Waals surface area contributed by atoms with Crippen molar-refractivity contribution in [3.8, 4) is 0 Å². The molecule has 4 nitrogen and oxygen atoms in total. The number of benzene rings is 1. The quantitative estimate of drug-likeness (QED) is 0.768. The van der Waals surface area contributed by atoms with Gasteiger partial charge in [0.2, 0.25) is 0 Å². The third kappa shape index (κ3) is 2.47. The number of ether oxygens (including phenoxy) is 1. The van der Waals surface area contributed by atoms with Crippen molar-refractivity contribution in [2.45, 2.75) is 25.4 Å². The van der Waals surface area contributed by atoms with Crippen molar-refractivity contribution in [3.63, 3.8) is 0 Å². The molecule has 1 aromatic carbocycles. The van der Waals surface area contributed by atoms with Crippen molar-refractivity contribution in [1.82, 2.24) is 0 Å². The van der Waals surface area contributed by atoms with Crippen LogP contribution in [0.5, 0.6) is 0 Å². The lowest BCUT2D eigenvalue weighted by Gasteiger charge is -2.40. The monoisotopic (exact) mass is 235 g/mol. The van der Waals surface area contributed by atoms with Gasteiger partial charge in [-0.1, -0.05) is 0 Å². The van der Waals surface area contributed by atoms with Gasteiger partial charge in [-0.25, -0.2) is 0 Å². The molecule has 1 aliphatic rings. The van der Waals surface area contributed by atoms with Crippen LogP contribution in [0.3, 0.4) is 0 Å². The maximum absolute atomic E-state index is 5.84. The molecule has 0 amide bonds. The normalized spacial score (nSPS) is 24.9. The number of nitrogens with two attached hydrogens (primary N) is 2. The molecule has 1 heterocycles. The summed E-state index contributed by atoms with van der Waals surface area (Å²) in [5.74, 6) is 0. The molecule has 1 aliphatic heterocycles. The van der Waals surface area contributed by atoms with Gasteiger partial charge in [-0.15, -0.1) is 0 Å². The van der Waals surface area contributed by atoms with Gasteiger partial charge in [-0.3, -0.25) is 0 Å². The van der Waals surface area contributed by atoms with E-state index in [0.717, 1.165) is 31.6 Å². The fraction of sp³-hybridized carbons (Fsp3) is 0.538. The van der Waals surface area contributed by atoms with Crippen molar-refractivity contribution >= 4 is 17.1 Å². The molecular formula is C13H21N3O. The van der Waals surface area contributed by atoms with Crippen LogP contribution in [0.25, 0.3) is 0 Å². The van der Waals surface area contributed by atoms with Crippen LogP contribution in [0.4, 0.5) is 17.1 Å². The minimum Gasteiger partial charge on any atom is -0.397 e. The van der Waals surface area contributed by atoms with Crippen LogP contribution in [0.15, 0.2) is 18.2 Å². The third-order valence-corrected chi connectivity index (χ3v) is 3.59. The summed E-state index contributed by atoms with van der Waals surface area (Å²) in [6, 6.07) is 5.83. The van der Waals surface area contributed by atoms with Crippen molar-refractivity contribution < 1.29 is 4.74 Å². The summed E-state index contributed by atoms with van der Waals surface area (Å²) in [5.41, 5.74) is 13.9. The van der Waals surface area contributed by atoms with Crippen LogP contribution >= 0.6 is 0 Å². The minimum absolute atomic E-state index is 0.0611. The second-order valence-corrected chi connectivity index (χ2v) is 4.99. The molecule has 1 aromatic rings. The van der Waals surface area contributed by atoms with Crippen molar-refractivity contribution in [1.29, 1.82) is 0 Å². The topological polar surface area (TPSA) is 64.5 Å². The van der Waals surface area contributed by atoms with Crippen molar-refractivity contribution in [2.75, 3.05) is 36.6 Å². The summed E-state index contributed by atoms with van der Waals surface area (Å²) >= 11 is 0. The molecule has 1 fully saturated rings. The number of rotatable bonds is 2. The largest absolute Gasteiger partial charge is 0.397 e. The molecule has 0 spiro atoms. The van der Waals surface area contributed by atoms with Crippen LogP contribution in [-0.4, -0.2) is 25.8 Å². The first-order valence-electron chi connectivity index (χ1n) is 5.99. The van der Waals surface area contributed by atoms with Crippen LogP contribution < -0.4 is 16.4 Å². The first-order valence-corrected chi connectivity index (χ1v) is 5.99. The predicted molar refractivity (Wildman–Crippen MR) is 72.1 cm³/mol. The van der Waals surface area contributed by atoms with Crippen molar-refractivity contribution in [2.24, 2.45) is 0 Å². The molecule has 17 heavy (non-hydrogen) atoms. The number of piperidine rings is 1. The van der Waals surface area contributed by atoms with Gasteiger partial charge in [0.25, 0.3) is 0 Å². The highest BCUT2D eigenvalue weighted by Gasteiger charge is 2.30. The molecule has 0 saturated carbocycles. The summed E-state index contributed by atoms with van der Waals surface area (Å²) in [5, 5.41) is 0. The van der Waals surface area contributed by atoms with E-state index in [4.69, 9.17) is 16.2 Å². The van der Waals surface area contributed by atoms with E-state index < -0.39 is 0 Å². The Hall–Kier alpha value is -1.42. The van der Waals surface area contributed by atoms with Gasteiger partial charge in [0.05, 0.1) is 17.0 Å². The number of hydrogen-bond acceptors (Lipinski definition) is 4. The first kappa shape index (κ1) is 12.0. The Morgan fingerprint density at radius 1 is 1.29 bits per heavy atom. The number of methoxy groups -OCH3 is 1. The molecule has 4 N–H and O–H groups in total. The van der Waals surface area contributed by atoms with Gasteiger partial charge < -0.3 is 21.1 Å². The predicted octanol–water partition coefficient (Wildman–Crippen LogP) is 1.86. The Morgan fingerprint density at radius 3 is 2.71 bits per heavy atom. The Labute approximate surface area is 103 Å². The van der Waals surface area contributed by atoms with E-state index in [2.05, 4.69) is 11.8 Å². The molecule has 0 radical (unpaired) electrons. The average Bonchev–Trinajstić information content (AvgIpc) is 2.33. The Balaban J connectivity index is 2.19. The average molecular weight is 235 g/mol. The number of hydrogen-bond donors (Lipinski definition) is 2. The van der Waals surface area contributed by atoms with Gasteiger partial charge in [-0.2, -0.15) is 0 Å². The molecule has 1 unspecified atom stereocenters. The second kappa shape index (κ2) is 4.45. The standard InChI is InChI=1S/C13H21N3O/c1-13(17-2)6-3-7-16(9-13)10-4-5-11(14)12(15)8-10/h4-5,8H,3,6-7,9,14-15H2,1-2H3. The van der Waals surface area contributed by atoms with E-state index in [0.29, 0.717) is 11.4 Å². The van der Waals surface area contributed by atoms with Gasteiger partial charge in [0, 0.05) is 25.9 Å². The van der Waals surface area contributed by atoms with Gasteiger partial charge >= 0.3 is 0 Å². The van der Waals surface area contributed by atoms with Crippen LogP contribution in [0, 0.1) is 0 Å². The smallest absolute Gasteiger partial charge is 0.0825 e. The zero-order valence-corrected chi connectivity index (χ0v) is 10.6. The maximum Gasteiger partial charge on any atom is 0.0825 e. The molecule has 94 valence electrons. The molecular weight excluding hydrogens is 214 g/mol. The van der Waals surface area contributed by atoms with E-state index in [1.165, 1.54) is 0 Å². The maximum atomic E-state index is 5.84. The van der Waals surface area contributed by atoms with Gasteiger partial charge in [0.1, 0.15) is 0 Å². The molecule has 2 rings (SSSR count). The summed E-state index contributed by atoms with van der Waals surface area (Å²) in [4.78, 5) is 2.31. The van der Waals surface area contributed by atoms with Crippen molar-refractivity contribution in [3.05, 3.63) is 18.2 Å². The summed E-state index contributed by atoms with van der Waals surface area (Å²) in [6.45, 7) is 4.09. The number of nitrogen functional groups attached to an aromatic ring is 2. The SMILES string of the molecule is COC1(C)CCCN(c2ccc(N)c(N)c2)C1. The summed E-state index contributed by atoms with van der Waals surface area (Å²) in [7, 11) is 1.78. The van der Waals surface area contributed by atoms with E-state index in [-0.39, 0.29) is 5.60 Å². The van der Waals surface area contributed by atoms with E-state index >= 15 is 0 Å². The van der Waals surface area contributed by atoms with E-state index in [9.17, 15) is 0 Å². The fourth-order valence-electron chi connectivity index (χ4n) is 2.35. The van der Waals surface area contributed by atoms with Gasteiger partial charge in [-0.05, 0) is 38.0 Å². The zero-order valence-electron chi connectivity index (χ0n) is 10.6. The van der Waals surface area contributed by atoms with Crippen LogP contribution in [-0.2, 0) is 4.74 Å². The lowest BCUT2D eigenvalue weighted by atomic mass is 9.94. The number of nitrogens with zero attached hydrogens (tertiary/aromatic N) is 1. The van der Waals surface area contributed by atoms with Crippen LogP contribution in [0.2, 0.25) is 0 Å². The summed E-state index contributed by atoms with van der Waals surface area (Å²) < 4.78 is 5.59. The highest BCUT2D eigenvalue weighted by atomic mass is 16.5. The fourth-order valence-corrected chi connectivity index (χ4v) is 2.35. The van der Waals surface area contributed by atoms with Crippen LogP contribution in [0.1, 0.15) is 19.8 Å². The zero-order chi connectivity index (χ0) is 12.5. The first-order chi connectivity index (χ1) is 8.04. The Kier molecular flexibility index (Phi) is 3.15. The Morgan fingerprint density at radius 2 is 2.06 bits per heavy atom. The molecule has 4 heteroatoms. The second-order valence-electron chi connectivity index (χ2n) is 4.99. The third-order valence-electron chi connectivity index (χ3n) is 3.59. The highest BCUT2D eigenvalue weighted by molar-refractivity contribution is 5.70. The molecule has 1 saturated heterocycles. The Bertz CT molecular complexity index is 408. The van der Waals surface area contributed by atoms with E-state index in [1.807, 2.05) is 18.2 Å². The molecule has 0 aliphatic carbocycles. The summed E-state index contributed by atoms with van der Waals surface area (Å²) in [6.07, 6.45) is 2.24. The lowest BCUT2D eigenvalue weighted by Crippen LogP contribution is -2.47. The molecule has 1 atom stereocenters. The highest BCUT2D eigenvalue weighted by Crippen LogP contribution is 2.30. The minimum atomic E-state index is -0.0611. The number of anilines is 3. The molecule has 0 bridgehead atoms. The molecule has 0 aromatic heterocycles. The van der Waals surface area contributed by atoms with Gasteiger partial charge in [0.15, 0.2) is 0 Å². The lowest BCUT2D eigenvalue weighted by molar-refractivity contribution is -0.00465.